The summed E-state index contributed by atoms with van der Waals surface area (Å²) < 4.78 is 62.7. The Bertz CT molecular complexity index is 3820. The van der Waals surface area contributed by atoms with E-state index in [0.29, 0.717) is 79.5 Å². The highest BCUT2D eigenvalue weighted by atomic mass is 16.5. The second-order valence-electron chi connectivity index (χ2n) is 34.2. The molecule has 4 heterocycles. The molecule has 116 heavy (non-hydrogen) atoms. The molecule has 0 fully saturated rings. The smallest absolute Gasteiger partial charge is 0.142 e. The maximum atomic E-state index is 7.84. The first-order chi connectivity index (χ1) is 57.0. The quantitative estimate of drug-likeness (QED) is 0.0343. The van der Waals surface area contributed by atoms with Crippen LogP contribution in [0.5, 0.6) is 46.0 Å². The van der Waals surface area contributed by atoms with Crippen LogP contribution in [0.1, 0.15) is 374 Å². The van der Waals surface area contributed by atoms with Crippen LogP contribution in [0.3, 0.4) is 0 Å². The van der Waals surface area contributed by atoms with Crippen LogP contribution in [0.4, 0.5) is 0 Å². The third-order valence-corrected chi connectivity index (χ3v) is 26.2. The van der Waals surface area contributed by atoms with Crippen molar-refractivity contribution in [1.29, 1.82) is 0 Å². The van der Waals surface area contributed by atoms with Crippen molar-refractivity contribution in [3.63, 3.8) is 0 Å². The maximum Gasteiger partial charge on any atom is 0.142 e. The molecule has 0 saturated heterocycles. The van der Waals surface area contributed by atoms with Gasteiger partial charge in [0.25, 0.3) is 0 Å². The molecule has 8 aromatic carbocycles. The highest BCUT2D eigenvalue weighted by molar-refractivity contribution is 5.70. The van der Waals surface area contributed by atoms with Crippen LogP contribution in [0, 0.1) is 0 Å². The maximum absolute atomic E-state index is 7.84. The van der Waals surface area contributed by atoms with Crippen LogP contribution < -0.4 is 37.9 Å². The van der Waals surface area contributed by atoms with Gasteiger partial charge < -0.3 is 37.9 Å². The van der Waals surface area contributed by atoms with Gasteiger partial charge in [-0.2, -0.15) is 0 Å². The highest BCUT2D eigenvalue weighted by Crippen LogP contribution is 2.60. The Hall–Kier alpha value is -8.00. The SMILES string of the molecule is CCCCC[C@@H]1c2cc(c3c(c2OCCCC)CN([C@@H](C)c2ccccc2)CO3)[C@H](CCCCC)c2cc(c3c(c2OCCCC)CN([C@@H](C)c2ccccc2)CO3)[C@H](CCCCC)c2cc(c3c(c2OCCCC)CN([C@@H](C)c2ccccc2)CO3)[C@H](CCCCC)c2cc1c1c(c2OCCCC)CN([C@@H](C)c2ccccc2)CO1. The van der Waals surface area contributed by atoms with Crippen LogP contribution in [-0.4, -0.2) is 73.0 Å². The van der Waals surface area contributed by atoms with Crippen LogP contribution in [0.25, 0.3) is 0 Å². The first kappa shape index (κ1) is 85.9. The minimum Gasteiger partial charge on any atom is -0.493 e. The summed E-state index contributed by atoms with van der Waals surface area (Å²) in [6.45, 7) is 34.6. The first-order valence-corrected chi connectivity index (χ1v) is 45.9. The highest BCUT2D eigenvalue weighted by Gasteiger charge is 2.44. The predicted molar refractivity (Wildman–Crippen MR) is 475 cm³/mol. The normalized spacial score (nSPS) is 18.5. The molecule has 0 spiro atoms. The molecule has 0 N–H and O–H groups in total. The van der Waals surface area contributed by atoms with E-state index in [9.17, 15) is 0 Å². The van der Waals surface area contributed by atoms with E-state index in [1.807, 2.05) is 0 Å². The van der Waals surface area contributed by atoms with Gasteiger partial charge in [-0.3, -0.25) is 19.6 Å². The molecule has 12 nitrogen and oxygen atoms in total. The summed E-state index contributed by atoms with van der Waals surface area (Å²) in [5, 5.41) is 0. The molecule has 0 amide bonds. The van der Waals surface area contributed by atoms with Gasteiger partial charge in [0, 0.05) is 119 Å². The zero-order valence-corrected chi connectivity index (χ0v) is 73.0. The molecule has 1 aliphatic carbocycles. The summed E-state index contributed by atoms with van der Waals surface area (Å²) in [5.41, 5.74) is 19.3. The summed E-state index contributed by atoms with van der Waals surface area (Å²) >= 11 is 0. The fraction of sp³-hybridized carbons (Fsp3) is 0.538. The molecule has 4 aliphatic heterocycles. The predicted octanol–water partition coefficient (Wildman–Crippen LogP) is 27.2. The molecule has 624 valence electrons. The van der Waals surface area contributed by atoms with E-state index in [4.69, 9.17) is 37.9 Å². The molecule has 13 rings (SSSR count). The van der Waals surface area contributed by atoms with Crippen LogP contribution >= 0.6 is 0 Å². The molecular formula is C104H140N4O8. The average molecular weight is 1570 g/mol. The second-order valence-corrected chi connectivity index (χ2v) is 34.2. The second kappa shape index (κ2) is 42.6. The first-order valence-electron chi connectivity index (χ1n) is 45.9. The van der Waals surface area contributed by atoms with E-state index in [-0.39, 0.29) is 47.8 Å². The monoisotopic (exact) mass is 1570 g/mol. The lowest BCUT2D eigenvalue weighted by Crippen LogP contribution is -2.36. The van der Waals surface area contributed by atoms with Gasteiger partial charge in [0.1, 0.15) is 72.9 Å². The Kier molecular flexibility index (Phi) is 31.5. The molecule has 0 aromatic heterocycles. The Morgan fingerprint density at radius 3 is 0.655 bits per heavy atom. The topological polar surface area (TPSA) is 86.8 Å². The van der Waals surface area contributed by atoms with Gasteiger partial charge in [0.2, 0.25) is 0 Å². The Balaban J connectivity index is 1.23. The summed E-state index contributed by atoms with van der Waals surface area (Å²) in [6.07, 6.45) is 23.9. The van der Waals surface area contributed by atoms with Crippen LogP contribution in [0.2, 0.25) is 0 Å². The number of nitrogens with zero attached hydrogens (tertiary/aromatic N) is 4. The molecular weight excluding hydrogens is 1430 g/mol. The Morgan fingerprint density at radius 1 is 0.267 bits per heavy atom. The van der Waals surface area contributed by atoms with Gasteiger partial charge in [0.05, 0.1) is 48.7 Å². The fourth-order valence-corrected chi connectivity index (χ4v) is 18.9. The number of ether oxygens (including phenoxy) is 8. The lowest BCUT2D eigenvalue weighted by molar-refractivity contribution is 0.0575. The van der Waals surface area contributed by atoms with Crippen molar-refractivity contribution in [2.45, 2.75) is 311 Å². The average Bonchev–Trinajstić information content (AvgIpc) is 0.722. The largest absolute Gasteiger partial charge is 0.493 e. The molecule has 8 aromatic rings. The summed E-state index contributed by atoms with van der Waals surface area (Å²) in [7, 11) is 0. The third kappa shape index (κ3) is 19.6. The van der Waals surface area contributed by atoms with Crippen LogP contribution in [-0.2, 0) is 26.2 Å². The minimum atomic E-state index is -0.188. The van der Waals surface area contributed by atoms with E-state index in [0.717, 1.165) is 222 Å². The number of fused-ring (bicyclic) bond motifs is 16. The van der Waals surface area contributed by atoms with Gasteiger partial charge >= 0.3 is 0 Å². The lowest BCUT2D eigenvalue weighted by atomic mass is 9.74. The molecule has 8 atom stereocenters. The van der Waals surface area contributed by atoms with Gasteiger partial charge in [-0.15, -0.1) is 0 Å². The number of hydrogen-bond donors (Lipinski definition) is 0. The molecule has 12 heteroatoms. The Labute approximate surface area is 698 Å². The van der Waals surface area contributed by atoms with E-state index >= 15 is 0 Å². The summed E-state index contributed by atoms with van der Waals surface area (Å²) in [5.74, 6) is 6.94. The summed E-state index contributed by atoms with van der Waals surface area (Å²) in [4.78, 5) is 10.2. The number of hydrogen-bond acceptors (Lipinski definition) is 12. The van der Waals surface area contributed by atoms with Crippen molar-refractivity contribution in [2.75, 3.05) is 53.4 Å². The molecule has 0 unspecified atom stereocenters. The van der Waals surface area contributed by atoms with E-state index in [1.54, 1.807) is 0 Å². The molecule has 5 aliphatic rings. The number of benzene rings is 8. The van der Waals surface area contributed by atoms with Gasteiger partial charge in [0.15, 0.2) is 0 Å². The zero-order valence-electron chi connectivity index (χ0n) is 73.0. The third-order valence-electron chi connectivity index (χ3n) is 26.2. The minimum absolute atomic E-state index is 0.0472. The molecule has 0 saturated carbocycles. The van der Waals surface area contributed by atoms with Crippen molar-refractivity contribution in [3.05, 3.63) is 235 Å². The van der Waals surface area contributed by atoms with E-state index in [1.165, 1.54) is 66.8 Å². The summed E-state index contributed by atoms with van der Waals surface area (Å²) in [6, 6.07) is 55.1. The number of rotatable bonds is 40. The van der Waals surface area contributed by atoms with Gasteiger partial charge in [-0.1, -0.05) is 279 Å². The van der Waals surface area contributed by atoms with Crippen molar-refractivity contribution in [1.82, 2.24) is 19.6 Å². The van der Waals surface area contributed by atoms with Crippen molar-refractivity contribution in [3.8, 4) is 46.0 Å². The molecule has 0 radical (unpaired) electrons. The van der Waals surface area contributed by atoms with Crippen molar-refractivity contribution < 1.29 is 37.9 Å². The van der Waals surface area contributed by atoms with Gasteiger partial charge in [-0.05, 0) is 126 Å². The van der Waals surface area contributed by atoms with E-state index in [2.05, 4.69) is 248 Å². The van der Waals surface area contributed by atoms with Crippen molar-refractivity contribution >= 4 is 0 Å². The van der Waals surface area contributed by atoms with Crippen LogP contribution in [0.15, 0.2) is 146 Å². The fourth-order valence-electron chi connectivity index (χ4n) is 18.9. The van der Waals surface area contributed by atoms with Gasteiger partial charge in [-0.25, -0.2) is 0 Å². The van der Waals surface area contributed by atoms with E-state index < -0.39 is 0 Å². The standard InChI is InChI=1S/C104H140N4O8/c1-13-21-33-53-81-85-61-90(102-93(97(85)109-57-25-17-5)65-105(70-114-102)73(9)77-45-37-29-38-46-77)83(55-35-23-15-3)87-63-92(104-95(99(87)111-59-27-19-7)67-107(72-116-104)75(11)79-49-41-31-42-50-79)84(56-36-24-16-4)88-64-91(103-96(100(88)112-60-28-20-8)68-108(71-115-103)76(12)80-51-43-32-44-52-80)82(54-34-22-14-2)86-62-89(81)101-94(98(86)110-58-26-18-6)66-106(69-113-101)74(10)78-47-39-30-40-48-78/h29-32,37-52,61-64,73-76,81-84H,13-28,33-36,53-60,65-72H2,1-12H3/t73-,74-,75-,76-,81+,82+,83+,84+/m0/s1. The lowest BCUT2D eigenvalue weighted by Gasteiger charge is -2.41. The number of unbranched alkanes of at least 4 members (excludes halogenated alkanes) is 12. The zero-order chi connectivity index (χ0) is 80.9. The van der Waals surface area contributed by atoms with Crippen molar-refractivity contribution in [2.24, 2.45) is 0 Å². The Morgan fingerprint density at radius 2 is 0.466 bits per heavy atom. The molecule has 8 bridgehead atoms.